The van der Waals surface area contributed by atoms with E-state index in [0.29, 0.717) is 13.0 Å². The molecule has 1 unspecified atom stereocenters. The molecular formula is C12H20N4O4S. The summed E-state index contributed by atoms with van der Waals surface area (Å²) in [6, 6.07) is 3.78. The molecule has 1 aromatic carbocycles. The number of hydrogen-bond donors (Lipinski definition) is 2. The van der Waals surface area contributed by atoms with Gasteiger partial charge < -0.3 is 11.1 Å². The minimum atomic E-state index is -3.70. The molecule has 0 bridgehead atoms. The molecule has 0 heterocycles. The second-order valence-corrected chi connectivity index (χ2v) is 7.07. The first-order valence-corrected chi connectivity index (χ1v) is 7.80. The summed E-state index contributed by atoms with van der Waals surface area (Å²) in [5.41, 5.74) is 5.61. The van der Waals surface area contributed by atoms with Crippen LogP contribution in [0.4, 0.5) is 11.4 Å². The molecule has 21 heavy (non-hydrogen) atoms. The first kappa shape index (κ1) is 17.3. The van der Waals surface area contributed by atoms with E-state index < -0.39 is 14.9 Å². The Labute approximate surface area is 124 Å². The Balaban J connectivity index is 3.11. The molecule has 0 saturated carbocycles. The number of anilines is 1. The third-order valence-electron chi connectivity index (χ3n) is 2.86. The van der Waals surface area contributed by atoms with Gasteiger partial charge in [0, 0.05) is 32.7 Å². The van der Waals surface area contributed by atoms with Crippen LogP contribution in [0.1, 0.15) is 13.3 Å². The number of nitrogens with one attached hydrogen (secondary N) is 1. The van der Waals surface area contributed by atoms with Gasteiger partial charge in [0.25, 0.3) is 5.69 Å². The second-order valence-electron chi connectivity index (χ2n) is 4.92. The Morgan fingerprint density at radius 2 is 2.05 bits per heavy atom. The molecule has 0 aromatic heterocycles. The van der Waals surface area contributed by atoms with Crippen LogP contribution in [0.5, 0.6) is 0 Å². The van der Waals surface area contributed by atoms with Crippen LogP contribution < -0.4 is 11.1 Å². The highest BCUT2D eigenvalue weighted by Crippen LogP contribution is 2.28. The second kappa shape index (κ2) is 6.83. The van der Waals surface area contributed by atoms with Crippen LogP contribution in [-0.2, 0) is 10.0 Å². The zero-order valence-electron chi connectivity index (χ0n) is 12.2. The number of nitrogens with zero attached hydrogens (tertiary/aromatic N) is 2. The Kier molecular flexibility index (Phi) is 5.64. The zero-order chi connectivity index (χ0) is 16.2. The van der Waals surface area contributed by atoms with E-state index in [-0.39, 0.29) is 22.3 Å². The topological polar surface area (TPSA) is 119 Å². The van der Waals surface area contributed by atoms with Crippen LogP contribution in [0.25, 0.3) is 0 Å². The molecule has 1 aromatic rings. The van der Waals surface area contributed by atoms with E-state index in [9.17, 15) is 18.5 Å². The molecule has 118 valence electrons. The lowest BCUT2D eigenvalue weighted by atomic mass is 10.2. The van der Waals surface area contributed by atoms with E-state index in [4.69, 9.17) is 5.73 Å². The van der Waals surface area contributed by atoms with Crippen molar-refractivity contribution in [2.75, 3.05) is 26.0 Å². The van der Waals surface area contributed by atoms with Gasteiger partial charge >= 0.3 is 0 Å². The van der Waals surface area contributed by atoms with Crippen LogP contribution >= 0.6 is 0 Å². The third kappa shape index (κ3) is 4.38. The van der Waals surface area contributed by atoms with E-state index in [2.05, 4.69) is 5.32 Å². The quantitative estimate of drug-likeness (QED) is 0.572. The van der Waals surface area contributed by atoms with Gasteiger partial charge in [-0.25, -0.2) is 12.7 Å². The van der Waals surface area contributed by atoms with E-state index >= 15 is 0 Å². The zero-order valence-corrected chi connectivity index (χ0v) is 13.1. The Bertz CT molecular complexity index is 614. The summed E-state index contributed by atoms with van der Waals surface area (Å²) in [5, 5.41) is 14.0. The van der Waals surface area contributed by atoms with Crippen molar-refractivity contribution in [2.45, 2.75) is 24.3 Å². The number of sulfonamides is 1. The highest BCUT2D eigenvalue weighted by atomic mass is 32.2. The Morgan fingerprint density at radius 1 is 1.43 bits per heavy atom. The lowest BCUT2D eigenvalue weighted by Crippen LogP contribution is -2.22. The highest BCUT2D eigenvalue weighted by molar-refractivity contribution is 7.89. The van der Waals surface area contributed by atoms with Crippen LogP contribution in [0, 0.1) is 10.1 Å². The molecule has 0 aliphatic heterocycles. The van der Waals surface area contributed by atoms with E-state index in [1.165, 1.54) is 26.2 Å². The summed E-state index contributed by atoms with van der Waals surface area (Å²) in [5.74, 6) is 0. The van der Waals surface area contributed by atoms with Crippen LogP contribution in [0.2, 0.25) is 0 Å². The molecule has 0 radical (unpaired) electrons. The van der Waals surface area contributed by atoms with Crippen molar-refractivity contribution in [2.24, 2.45) is 5.73 Å². The molecule has 3 N–H and O–H groups in total. The molecule has 8 nitrogen and oxygen atoms in total. The molecule has 1 rings (SSSR count). The lowest BCUT2D eigenvalue weighted by molar-refractivity contribution is -0.384. The first-order chi connectivity index (χ1) is 9.66. The van der Waals surface area contributed by atoms with Gasteiger partial charge in [0.05, 0.1) is 9.82 Å². The monoisotopic (exact) mass is 316 g/mol. The van der Waals surface area contributed by atoms with Gasteiger partial charge in [0.15, 0.2) is 0 Å². The van der Waals surface area contributed by atoms with Crippen molar-refractivity contribution in [1.29, 1.82) is 0 Å². The van der Waals surface area contributed by atoms with Crippen molar-refractivity contribution >= 4 is 21.4 Å². The fourth-order valence-corrected chi connectivity index (χ4v) is 2.54. The van der Waals surface area contributed by atoms with Gasteiger partial charge in [-0.3, -0.25) is 10.1 Å². The van der Waals surface area contributed by atoms with Gasteiger partial charge in [0.1, 0.15) is 5.69 Å². The Morgan fingerprint density at radius 3 is 2.52 bits per heavy atom. The maximum absolute atomic E-state index is 12.0. The SMILES string of the molecule is CC(N)CCNc1ccc(S(=O)(=O)N(C)C)cc1[N+](=O)[O-]. The predicted octanol–water partition coefficient (Wildman–Crippen LogP) is 0.994. The number of hydrogen-bond acceptors (Lipinski definition) is 6. The summed E-state index contributed by atoms with van der Waals surface area (Å²) in [7, 11) is -0.961. The molecule has 0 aliphatic carbocycles. The average molecular weight is 316 g/mol. The van der Waals surface area contributed by atoms with Crippen LogP contribution in [-0.4, -0.2) is 44.3 Å². The summed E-state index contributed by atoms with van der Waals surface area (Å²) >= 11 is 0. The normalized spacial score (nSPS) is 13.2. The van der Waals surface area contributed by atoms with Crippen molar-refractivity contribution in [3.63, 3.8) is 0 Å². The van der Waals surface area contributed by atoms with Crippen LogP contribution in [0.15, 0.2) is 23.1 Å². The number of nitro groups is 1. The van der Waals surface area contributed by atoms with Crippen LogP contribution in [0.3, 0.4) is 0 Å². The lowest BCUT2D eigenvalue weighted by Gasteiger charge is -2.13. The third-order valence-corrected chi connectivity index (χ3v) is 4.67. The number of rotatable bonds is 7. The molecular weight excluding hydrogens is 296 g/mol. The van der Waals surface area contributed by atoms with Gasteiger partial charge in [-0.2, -0.15) is 0 Å². The molecule has 0 spiro atoms. The first-order valence-electron chi connectivity index (χ1n) is 6.36. The van der Waals surface area contributed by atoms with Crippen molar-refractivity contribution in [3.05, 3.63) is 28.3 Å². The van der Waals surface area contributed by atoms with Crippen molar-refractivity contribution in [1.82, 2.24) is 4.31 Å². The standard InChI is InChI=1S/C12H20N4O4S/c1-9(13)6-7-14-11-5-4-10(8-12(11)16(17)18)21(19,20)15(2)3/h4-5,8-9,14H,6-7,13H2,1-3H3. The Hall–Kier alpha value is -1.71. The molecule has 0 aliphatic rings. The smallest absolute Gasteiger partial charge is 0.293 e. The predicted molar refractivity (Wildman–Crippen MR) is 80.7 cm³/mol. The van der Waals surface area contributed by atoms with Gasteiger partial charge in [-0.05, 0) is 25.5 Å². The fourth-order valence-electron chi connectivity index (χ4n) is 1.62. The molecule has 0 fully saturated rings. The molecule has 0 saturated heterocycles. The van der Waals surface area contributed by atoms with E-state index in [1.807, 2.05) is 6.92 Å². The number of nitro benzene ring substituents is 1. The fraction of sp³-hybridized carbons (Fsp3) is 0.500. The summed E-state index contributed by atoms with van der Waals surface area (Å²) < 4.78 is 25.0. The summed E-state index contributed by atoms with van der Waals surface area (Å²) in [6.07, 6.45) is 0.648. The largest absolute Gasteiger partial charge is 0.379 e. The minimum Gasteiger partial charge on any atom is -0.379 e. The maximum atomic E-state index is 12.0. The maximum Gasteiger partial charge on any atom is 0.293 e. The summed E-state index contributed by atoms with van der Waals surface area (Å²) in [6.45, 7) is 2.31. The molecule has 0 amide bonds. The van der Waals surface area contributed by atoms with Crippen molar-refractivity contribution < 1.29 is 13.3 Å². The molecule has 9 heteroatoms. The minimum absolute atomic E-state index is 0.0232. The van der Waals surface area contributed by atoms with Gasteiger partial charge in [-0.1, -0.05) is 0 Å². The highest BCUT2D eigenvalue weighted by Gasteiger charge is 2.22. The van der Waals surface area contributed by atoms with E-state index in [1.54, 1.807) is 0 Å². The average Bonchev–Trinajstić information content (AvgIpc) is 2.37. The molecule has 1 atom stereocenters. The summed E-state index contributed by atoms with van der Waals surface area (Å²) in [4.78, 5) is 10.4. The van der Waals surface area contributed by atoms with Gasteiger partial charge in [0.2, 0.25) is 10.0 Å². The van der Waals surface area contributed by atoms with Gasteiger partial charge in [-0.15, -0.1) is 0 Å². The van der Waals surface area contributed by atoms with Crippen molar-refractivity contribution in [3.8, 4) is 0 Å². The number of nitrogens with two attached hydrogens (primary N) is 1. The van der Waals surface area contributed by atoms with E-state index in [0.717, 1.165) is 10.4 Å². The number of benzene rings is 1.